The van der Waals surface area contributed by atoms with Crippen molar-refractivity contribution >= 4 is 44.6 Å². The highest BCUT2D eigenvalue weighted by atomic mass is 16.4. The van der Waals surface area contributed by atoms with Crippen LogP contribution in [0.2, 0.25) is 0 Å². The molecule has 0 bridgehead atoms. The lowest BCUT2D eigenvalue weighted by Crippen LogP contribution is -2.13. The maximum atomic E-state index is 6.22. The SMILES string of the molecule is C=CC(C)C1=Nc2c(ccc3ccc(-c4nnc(-c5cccc(-c6nnc(-c7ccc8ccc9c(c8n7)N=C(C7=CC=CCC7)CC9)o6)c5)o4)nc23)CC1. The van der Waals surface area contributed by atoms with Crippen molar-refractivity contribution in [2.75, 3.05) is 0 Å². The maximum Gasteiger partial charge on any atom is 0.266 e. The van der Waals surface area contributed by atoms with Crippen LogP contribution in [0.5, 0.6) is 0 Å². The summed E-state index contributed by atoms with van der Waals surface area (Å²) in [4.78, 5) is 20.1. The van der Waals surface area contributed by atoms with Crippen LogP contribution in [0.4, 0.5) is 11.4 Å². The summed E-state index contributed by atoms with van der Waals surface area (Å²) in [6.45, 7) is 6.09. The first-order valence-corrected chi connectivity index (χ1v) is 18.4. The molecule has 0 spiro atoms. The first kappa shape index (κ1) is 32.0. The Bertz CT molecular complexity index is 2780. The van der Waals surface area contributed by atoms with Gasteiger partial charge in [0.2, 0.25) is 11.8 Å². The van der Waals surface area contributed by atoms with Crippen molar-refractivity contribution in [2.45, 2.75) is 45.4 Å². The van der Waals surface area contributed by atoms with Crippen LogP contribution in [0.3, 0.4) is 0 Å². The third kappa shape index (κ3) is 5.67. The molecule has 10 nitrogen and oxygen atoms in total. The standard InChI is InChI=1S/C44H34N8O2/c1-3-25(2)33-20-16-27-12-14-29-18-22-35(47-39(29)37(27)45-33)43-51-49-41(53-43)31-10-7-11-32(24-31)42-50-52-44(54-42)36-23-19-30-15-13-28-17-21-34(26-8-5-4-6-9-26)46-38(28)40(30)48-36/h3-5,7-8,10-15,18-19,22-25H,1,6,9,16-17,20-21H2,2H3. The lowest BCUT2D eigenvalue weighted by Gasteiger charge is -2.19. The van der Waals surface area contributed by atoms with Crippen molar-refractivity contribution in [3.05, 3.63) is 120 Å². The monoisotopic (exact) mass is 706 g/mol. The van der Waals surface area contributed by atoms with E-state index in [4.69, 9.17) is 28.8 Å². The Morgan fingerprint density at radius 1 is 0.648 bits per heavy atom. The Labute approximate surface area is 310 Å². The first-order chi connectivity index (χ1) is 26.6. The summed E-state index contributed by atoms with van der Waals surface area (Å²) in [5.41, 5.74) is 12.1. The van der Waals surface area contributed by atoms with Crippen molar-refractivity contribution in [3.8, 4) is 46.1 Å². The zero-order valence-electron chi connectivity index (χ0n) is 29.7. The van der Waals surface area contributed by atoms with E-state index in [1.807, 2.05) is 54.6 Å². The molecule has 0 radical (unpaired) electrons. The molecule has 0 fully saturated rings. The molecule has 10 heteroatoms. The number of allylic oxidation sites excluding steroid dienone is 5. The van der Waals surface area contributed by atoms with Gasteiger partial charge < -0.3 is 8.83 Å². The number of rotatable bonds is 7. The quantitative estimate of drug-likeness (QED) is 0.150. The second-order valence-corrected chi connectivity index (χ2v) is 13.9. The molecule has 0 amide bonds. The van der Waals surface area contributed by atoms with E-state index >= 15 is 0 Å². The molecule has 7 aromatic rings. The minimum absolute atomic E-state index is 0.205. The molecule has 3 aliphatic rings. The van der Waals surface area contributed by atoms with Crippen LogP contribution >= 0.6 is 0 Å². The van der Waals surface area contributed by atoms with Gasteiger partial charge in [-0.15, -0.1) is 27.0 Å². The summed E-state index contributed by atoms with van der Waals surface area (Å²) in [7, 11) is 0. The van der Waals surface area contributed by atoms with E-state index in [1.54, 1.807) is 0 Å². The molecule has 262 valence electrons. The van der Waals surface area contributed by atoms with Crippen molar-refractivity contribution < 1.29 is 8.83 Å². The molecule has 54 heavy (non-hydrogen) atoms. The average Bonchev–Trinajstić information content (AvgIpc) is 3.95. The minimum Gasteiger partial charge on any atom is -0.415 e. The molecule has 2 aliphatic heterocycles. The molecule has 1 atom stereocenters. The highest BCUT2D eigenvalue weighted by Gasteiger charge is 2.22. The van der Waals surface area contributed by atoms with Gasteiger partial charge in [-0.3, -0.25) is 9.98 Å². The van der Waals surface area contributed by atoms with Crippen LogP contribution in [0.1, 0.15) is 43.7 Å². The van der Waals surface area contributed by atoms with Crippen molar-refractivity contribution in [2.24, 2.45) is 15.9 Å². The van der Waals surface area contributed by atoms with Gasteiger partial charge in [-0.2, -0.15) is 0 Å². The third-order valence-electron chi connectivity index (χ3n) is 10.5. The van der Waals surface area contributed by atoms with Gasteiger partial charge in [-0.25, -0.2) is 9.97 Å². The van der Waals surface area contributed by atoms with E-state index in [2.05, 4.69) is 76.4 Å². The Balaban J connectivity index is 0.939. The fourth-order valence-corrected chi connectivity index (χ4v) is 7.44. The highest BCUT2D eigenvalue weighted by Crippen LogP contribution is 2.38. The topological polar surface area (TPSA) is 128 Å². The zero-order valence-corrected chi connectivity index (χ0v) is 29.7. The lowest BCUT2D eigenvalue weighted by molar-refractivity contribution is 0.580. The Hall–Kier alpha value is -6.68. The van der Waals surface area contributed by atoms with E-state index < -0.39 is 0 Å². The van der Waals surface area contributed by atoms with Gasteiger partial charge in [0.05, 0.1) is 22.4 Å². The average molecular weight is 707 g/mol. The van der Waals surface area contributed by atoms with Crippen LogP contribution in [0, 0.1) is 5.92 Å². The van der Waals surface area contributed by atoms with Gasteiger partial charge in [0.25, 0.3) is 11.8 Å². The van der Waals surface area contributed by atoms with E-state index in [1.165, 1.54) is 16.7 Å². The number of pyridine rings is 2. The fourth-order valence-electron chi connectivity index (χ4n) is 7.44. The number of aryl methyl sites for hydroxylation is 2. The predicted molar refractivity (Wildman–Crippen MR) is 211 cm³/mol. The second-order valence-electron chi connectivity index (χ2n) is 13.9. The Kier molecular flexibility index (Phi) is 7.75. The molecule has 6 heterocycles. The van der Waals surface area contributed by atoms with Gasteiger partial charge in [0.15, 0.2) is 0 Å². The van der Waals surface area contributed by atoms with Crippen molar-refractivity contribution in [1.29, 1.82) is 0 Å². The molecule has 1 unspecified atom stereocenters. The molecule has 10 rings (SSSR count). The van der Waals surface area contributed by atoms with Gasteiger partial charge in [0.1, 0.15) is 11.4 Å². The number of nitrogens with zero attached hydrogens (tertiary/aromatic N) is 8. The van der Waals surface area contributed by atoms with Crippen LogP contribution in [0.15, 0.2) is 128 Å². The smallest absolute Gasteiger partial charge is 0.266 e. The molecule has 0 saturated carbocycles. The van der Waals surface area contributed by atoms with Crippen molar-refractivity contribution in [3.63, 3.8) is 0 Å². The summed E-state index contributed by atoms with van der Waals surface area (Å²) < 4.78 is 12.4. The number of aromatic nitrogens is 6. The second kappa shape index (κ2) is 13.1. The minimum atomic E-state index is 0.205. The summed E-state index contributed by atoms with van der Waals surface area (Å²) in [6, 6.07) is 24.0. The van der Waals surface area contributed by atoms with Crippen LogP contribution in [-0.2, 0) is 12.8 Å². The summed E-state index contributed by atoms with van der Waals surface area (Å²) in [6.07, 6.45) is 14.2. The number of hydrogen-bond donors (Lipinski definition) is 0. The van der Waals surface area contributed by atoms with Crippen LogP contribution in [-0.4, -0.2) is 41.8 Å². The molecular formula is C44H34N8O2. The molecular weight excluding hydrogens is 673 g/mol. The van der Waals surface area contributed by atoms with Gasteiger partial charge >= 0.3 is 0 Å². The summed E-state index contributed by atoms with van der Waals surface area (Å²) in [5.74, 6) is 1.56. The van der Waals surface area contributed by atoms with Gasteiger partial charge in [-0.05, 0) is 85.6 Å². The number of hydrogen-bond acceptors (Lipinski definition) is 10. The summed E-state index contributed by atoms with van der Waals surface area (Å²) in [5, 5.41) is 19.5. The number of aliphatic imine (C=N–C) groups is 2. The number of fused-ring (bicyclic) bond motifs is 6. The lowest BCUT2D eigenvalue weighted by atomic mass is 9.92. The summed E-state index contributed by atoms with van der Waals surface area (Å²) >= 11 is 0. The highest BCUT2D eigenvalue weighted by molar-refractivity contribution is 6.06. The molecule has 4 aromatic heterocycles. The van der Waals surface area contributed by atoms with Crippen LogP contribution < -0.4 is 0 Å². The maximum absolute atomic E-state index is 6.22. The molecule has 1 aliphatic carbocycles. The van der Waals surface area contributed by atoms with E-state index in [-0.39, 0.29) is 5.92 Å². The number of benzene rings is 3. The van der Waals surface area contributed by atoms with Crippen molar-refractivity contribution in [1.82, 2.24) is 30.4 Å². The van der Waals surface area contributed by atoms with E-state index in [9.17, 15) is 0 Å². The predicted octanol–water partition coefficient (Wildman–Crippen LogP) is 10.4. The van der Waals surface area contributed by atoms with E-state index in [0.717, 1.165) is 83.1 Å². The molecule has 3 aromatic carbocycles. The Morgan fingerprint density at radius 3 is 1.85 bits per heavy atom. The van der Waals surface area contributed by atoms with Gasteiger partial charge in [0, 0.05) is 39.2 Å². The Morgan fingerprint density at radius 2 is 1.24 bits per heavy atom. The fraction of sp³-hybridized carbons (Fsp3) is 0.182. The third-order valence-corrected chi connectivity index (χ3v) is 10.5. The van der Waals surface area contributed by atoms with Gasteiger partial charge in [-0.1, -0.05) is 73.7 Å². The van der Waals surface area contributed by atoms with E-state index in [0.29, 0.717) is 46.1 Å². The largest absolute Gasteiger partial charge is 0.415 e. The molecule has 0 N–H and O–H groups in total. The first-order valence-electron chi connectivity index (χ1n) is 18.4. The van der Waals surface area contributed by atoms with Crippen LogP contribution in [0.25, 0.3) is 67.9 Å². The molecule has 0 saturated heterocycles. The zero-order chi connectivity index (χ0) is 36.2. The normalized spacial score (nSPS) is 15.7.